The van der Waals surface area contributed by atoms with Gasteiger partial charge in [-0.05, 0) is 23.8 Å². The predicted octanol–water partition coefficient (Wildman–Crippen LogP) is 3.28. The Labute approximate surface area is 139 Å². The molecule has 1 aliphatic rings. The fraction of sp³-hybridized carbons (Fsp3) is 0.222. The van der Waals surface area contributed by atoms with Gasteiger partial charge in [-0.15, -0.1) is 0 Å². The van der Waals surface area contributed by atoms with E-state index >= 15 is 0 Å². The van der Waals surface area contributed by atoms with Gasteiger partial charge in [-0.1, -0.05) is 48.0 Å². The highest BCUT2D eigenvalue weighted by Gasteiger charge is 2.40. The summed E-state index contributed by atoms with van der Waals surface area (Å²) in [5.41, 5.74) is 1.43. The summed E-state index contributed by atoms with van der Waals surface area (Å²) in [5, 5.41) is 9.99. The van der Waals surface area contributed by atoms with E-state index in [0.29, 0.717) is 17.1 Å². The Balaban J connectivity index is 1.86. The molecule has 5 heteroatoms. The lowest BCUT2D eigenvalue weighted by Gasteiger charge is -2.16. The number of carbonyl (C=O) groups excluding carboxylic acids is 1. The Morgan fingerprint density at radius 3 is 2.43 bits per heavy atom. The van der Waals surface area contributed by atoms with Crippen molar-refractivity contribution in [2.24, 2.45) is 5.92 Å². The third-order valence-electron chi connectivity index (χ3n) is 4.22. The van der Waals surface area contributed by atoms with Gasteiger partial charge in [0.25, 0.3) is 5.91 Å². The molecule has 1 N–H and O–H groups in total. The van der Waals surface area contributed by atoms with E-state index in [9.17, 15) is 14.7 Å². The summed E-state index contributed by atoms with van der Waals surface area (Å²) in [6, 6.07) is 16.2. The molecule has 0 radical (unpaired) electrons. The van der Waals surface area contributed by atoms with Crippen molar-refractivity contribution in [1.29, 1.82) is 0 Å². The Hall–Kier alpha value is -2.33. The number of nitrogens with zero attached hydrogens (tertiary/aromatic N) is 1. The first-order valence-corrected chi connectivity index (χ1v) is 7.76. The first-order chi connectivity index (χ1) is 11.1. The Morgan fingerprint density at radius 1 is 1.04 bits per heavy atom. The number of hydrogen-bond acceptors (Lipinski definition) is 2. The fourth-order valence-corrected chi connectivity index (χ4v) is 3.25. The van der Waals surface area contributed by atoms with Crippen LogP contribution in [0.4, 0.5) is 0 Å². The fourth-order valence-electron chi connectivity index (χ4n) is 3.06. The number of amides is 1. The van der Waals surface area contributed by atoms with Crippen LogP contribution in [-0.4, -0.2) is 35.0 Å². The van der Waals surface area contributed by atoms with E-state index < -0.39 is 11.9 Å². The van der Waals surface area contributed by atoms with Gasteiger partial charge >= 0.3 is 5.97 Å². The van der Waals surface area contributed by atoms with Crippen LogP contribution in [0.5, 0.6) is 0 Å². The quantitative estimate of drug-likeness (QED) is 0.940. The van der Waals surface area contributed by atoms with Gasteiger partial charge in [0.15, 0.2) is 0 Å². The van der Waals surface area contributed by atoms with Crippen molar-refractivity contribution in [2.45, 2.75) is 5.92 Å². The van der Waals surface area contributed by atoms with E-state index in [4.69, 9.17) is 11.6 Å². The highest BCUT2D eigenvalue weighted by Crippen LogP contribution is 2.33. The number of hydrogen-bond donors (Lipinski definition) is 1. The van der Waals surface area contributed by atoms with Crippen molar-refractivity contribution in [3.05, 3.63) is 70.7 Å². The molecule has 1 aliphatic heterocycles. The average molecular weight is 330 g/mol. The summed E-state index contributed by atoms with van der Waals surface area (Å²) >= 11 is 5.93. The maximum absolute atomic E-state index is 12.6. The first kappa shape index (κ1) is 15.6. The van der Waals surface area contributed by atoms with E-state index in [1.54, 1.807) is 29.2 Å². The third kappa shape index (κ3) is 3.22. The maximum atomic E-state index is 12.6. The molecule has 118 valence electrons. The zero-order valence-corrected chi connectivity index (χ0v) is 13.1. The number of halogens is 1. The van der Waals surface area contributed by atoms with Crippen LogP contribution in [0.15, 0.2) is 54.6 Å². The monoisotopic (exact) mass is 329 g/mol. The molecule has 2 aromatic rings. The zero-order chi connectivity index (χ0) is 16.4. The number of carboxylic acid groups (broad SMARTS) is 1. The summed E-state index contributed by atoms with van der Waals surface area (Å²) < 4.78 is 0. The van der Waals surface area contributed by atoms with Crippen molar-refractivity contribution in [1.82, 2.24) is 4.90 Å². The van der Waals surface area contributed by atoms with Crippen LogP contribution in [0.3, 0.4) is 0 Å². The van der Waals surface area contributed by atoms with Crippen molar-refractivity contribution in [3.63, 3.8) is 0 Å². The molecular formula is C18H16ClNO3. The maximum Gasteiger partial charge on any atom is 0.308 e. The summed E-state index contributed by atoms with van der Waals surface area (Å²) in [5.74, 6) is -1.85. The molecule has 1 heterocycles. The molecule has 1 amide bonds. The standard InChI is InChI=1S/C18H16ClNO3/c19-14-8-4-7-13(9-14)17(21)20-10-15(16(11-20)18(22)23)12-5-2-1-3-6-12/h1-9,15-16H,10-11H2,(H,22,23)/t15-,16+/m0/s1. The molecule has 0 bridgehead atoms. The molecule has 0 aromatic heterocycles. The molecular weight excluding hydrogens is 314 g/mol. The Bertz CT molecular complexity index is 732. The normalized spacial score (nSPS) is 20.5. The molecule has 3 rings (SSSR count). The summed E-state index contributed by atoms with van der Waals surface area (Å²) in [7, 11) is 0. The molecule has 23 heavy (non-hydrogen) atoms. The van der Waals surface area contributed by atoms with Crippen LogP contribution in [0.25, 0.3) is 0 Å². The van der Waals surface area contributed by atoms with Gasteiger partial charge in [0, 0.05) is 29.6 Å². The number of likely N-dealkylation sites (tertiary alicyclic amines) is 1. The Morgan fingerprint density at radius 2 is 1.78 bits per heavy atom. The van der Waals surface area contributed by atoms with E-state index in [1.165, 1.54) is 0 Å². The zero-order valence-electron chi connectivity index (χ0n) is 12.4. The van der Waals surface area contributed by atoms with Gasteiger partial charge in [0.05, 0.1) is 5.92 Å². The number of carbonyl (C=O) groups is 2. The number of benzene rings is 2. The molecule has 0 aliphatic carbocycles. The molecule has 0 saturated carbocycles. The predicted molar refractivity (Wildman–Crippen MR) is 87.7 cm³/mol. The van der Waals surface area contributed by atoms with Crippen molar-refractivity contribution in [3.8, 4) is 0 Å². The lowest BCUT2D eigenvalue weighted by molar-refractivity contribution is -0.141. The minimum absolute atomic E-state index is 0.183. The lowest BCUT2D eigenvalue weighted by Crippen LogP contribution is -2.29. The number of rotatable bonds is 3. The van der Waals surface area contributed by atoms with E-state index in [-0.39, 0.29) is 18.4 Å². The third-order valence-corrected chi connectivity index (χ3v) is 4.46. The van der Waals surface area contributed by atoms with Crippen molar-refractivity contribution in [2.75, 3.05) is 13.1 Å². The summed E-state index contributed by atoms with van der Waals surface area (Å²) in [6.45, 7) is 0.604. The molecule has 0 unspecified atom stereocenters. The molecule has 4 nitrogen and oxygen atoms in total. The van der Waals surface area contributed by atoms with Gasteiger partial charge in [0.2, 0.25) is 0 Å². The molecule has 1 saturated heterocycles. The van der Waals surface area contributed by atoms with E-state index in [0.717, 1.165) is 5.56 Å². The summed E-state index contributed by atoms with van der Waals surface area (Å²) in [4.78, 5) is 25.8. The smallest absolute Gasteiger partial charge is 0.308 e. The van der Waals surface area contributed by atoms with Gasteiger partial charge in [-0.25, -0.2) is 0 Å². The second-order valence-corrected chi connectivity index (χ2v) is 6.12. The topological polar surface area (TPSA) is 57.6 Å². The van der Waals surface area contributed by atoms with Gasteiger partial charge in [-0.2, -0.15) is 0 Å². The van der Waals surface area contributed by atoms with Gasteiger partial charge in [0.1, 0.15) is 0 Å². The first-order valence-electron chi connectivity index (χ1n) is 7.39. The second-order valence-electron chi connectivity index (χ2n) is 5.68. The largest absolute Gasteiger partial charge is 0.481 e. The average Bonchev–Trinajstić information content (AvgIpc) is 3.00. The SMILES string of the molecule is O=C(O)[C@@H]1CN(C(=O)c2cccc(Cl)c2)C[C@H]1c1ccccc1. The van der Waals surface area contributed by atoms with E-state index in [2.05, 4.69) is 0 Å². The van der Waals surface area contributed by atoms with Crippen LogP contribution >= 0.6 is 11.6 Å². The van der Waals surface area contributed by atoms with E-state index in [1.807, 2.05) is 30.3 Å². The highest BCUT2D eigenvalue weighted by molar-refractivity contribution is 6.30. The van der Waals surface area contributed by atoms with Crippen LogP contribution in [-0.2, 0) is 4.79 Å². The molecule has 0 spiro atoms. The molecule has 1 fully saturated rings. The minimum Gasteiger partial charge on any atom is -0.481 e. The highest BCUT2D eigenvalue weighted by atomic mass is 35.5. The van der Waals surface area contributed by atoms with Crippen LogP contribution in [0, 0.1) is 5.92 Å². The minimum atomic E-state index is -0.875. The lowest BCUT2D eigenvalue weighted by atomic mass is 9.89. The van der Waals surface area contributed by atoms with Crippen molar-refractivity contribution < 1.29 is 14.7 Å². The van der Waals surface area contributed by atoms with Crippen LogP contribution < -0.4 is 0 Å². The van der Waals surface area contributed by atoms with Crippen molar-refractivity contribution >= 4 is 23.5 Å². The number of carboxylic acids is 1. The second kappa shape index (κ2) is 6.42. The molecule has 2 aromatic carbocycles. The molecule has 2 atom stereocenters. The van der Waals surface area contributed by atoms with Crippen LogP contribution in [0.2, 0.25) is 5.02 Å². The van der Waals surface area contributed by atoms with Gasteiger partial charge in [-0.3, -0.25) is 9.59 Å². The Kier molecular flexibility index (Phi) is 4.35. The van der Waals surface area contributed by atoms with Gasteiger partial charge < -0.3 is 10.0 Å². The number of aliphatic carboxylic acids is 1. The summed E-state index contributed by atoms with van der Waals surface area (Å²) in [6.07, 6.45) is 0. The van der Waals surface area contributed by atoms with Crippen LogP contribution in [0.1, 0.15) is 21.8 Å².